The smallest absolute Gasteiger partial charge is 0.198 e. The van der Waals surface area contributed by atoms with Crippen LogP contribution in [0.15, 0.2) is 101 Å². The Labute approximate surface area is 169 Å². The van der Waals surface area contributed by atoms with E-state index in [2.05, 4.69) is 59.3 Å². The predicted octanol–water partition coefficient (Wildman–Crippen LogP) is 6.35. The van der Waals surface area contributed by atoms with E-state index in [0.717, 1.165) is 10.7 Å². The quantitative estimate of drug-likeness (QED) is 0.531. The zero-order valence-electron chi connectivity index (χ0n) is 14.6. The molecule has 27 heavy (non-hydrogen) atoms. The zero-order valence-corrected chi connectivity index (χ0v) is 16.2. The van der Waals surface area contributed by atoms with E-state index in [4.69, 9.17) is 17.2 Å². The number of nitrogens with zero attached hydrogens (tertiary/aromatic N) is 1. The van der Waals surface area contributed by atoms with Crippen LogP contribution in [0.3, 0.4) is 0 Å². The number of thiocarbonyl (C=S) groups is 1. The van der Waals surface area contributed by atoms with Crippen molar-refractivity contribution in [3.8, 4) is 0 Å². The van der Waals surface area contributed by atoms with Gasteiger partial charge in [0.05, 0.1) is 11.0 Å². The van der Waals surface area contributed by atoms with Crippen molar-refractivity contribution in [2.75, 3.05) is 5.32 Å². The molecule has 3 aromatic rings. The first kappa shape index (κ1) is 17.7. The molecule has 0 saturated heterocycles. The fourth-order valence-corrected chi connectivity index (χ4v) is 4.43. The third-order valence-corrected chi connectivity index (χ3v) is 5.48. The molecule has 1 aliphatic heterocycles. The fraction of sp³-hybridized carbons (Fsp3) is 0.0435. The number of hydrogen-bond acceptors (Lipinski definition) is 2. The Morgan fingerprint density at radius 1 is 0.815 bits per heavy atom. The summed E-state index contributed by atoms with van der Waals surface area (Å²) in [5.74, 6) is 0.0918. The maximum absolute atomic E-state index is 5.50. The molecule has 2 nitrogen and oxygen atoms in total. The number of rotatable bonds is 3. The van der Waals surface area contributed by atoms with E-state index in [0.29, 0.717) is 5.11 Å². The van der Waals surface area contributed by atoms with E-state index >= 15 is 0 Å². The maximum Gasteiger partial charge on any atom is 0.198 e. The Hall–Kier alpha value is -2.69. The minimum absolute atomic E-state index is 0.0918. The third kappa shape index (κ3) is 4.18. The van der Waals surface area contributed by atoms with Crippen molar-refractivity contribution in [3.63, 3.8) is 0 Å². The maximum atomic E-state index is 5.50. The van der Waals surface area contributed by atoms with Crippen LogP contribution in [0.1, 0.15) is 17.0 Å². The summed E-state index contributed by atoms with van der Waals surface area (Å²) in [7, 11) is 0. The number of nitrogens with one attached hydrogen (secondary N) is 1. The molecule has 4 heteroatoms. The van der Waals surface area contributed by atoms with Gasteiger partial charge in [0.25, 0.3) is 0 Å². The molecule has 1 unspecified atom stereocenters. The standard InChI is InChI=1S/C23H18N2S2/c26-23(24-19-14-8-3-9-15-19)25-22-21(18-12-6-2-7-13-18)20(16-27-22)17-10-4-1-5-11-17/h1-16,21H,(H,24,26)/b25-22+. The summed E-state index contributed by atoms with van der Waals surface area (Å²) in [6.07, 6.45) is 0. The second kappa shape index (κ2) is 8.33. The third-order valence-electron chi connectivity index (χ3n) is 4.34. The molecule has 1 aliphatic rings. The number of thioether (sulfide) groups is 1. The summed E-state index contributed by atoms with van der Waals surface area (Å²) >= 11 is 7.14. The van der Waals surface area contributed by atoms with Crippen molar-refractivity contribution >= 4 is 45.4 Å². The van der Waals surface area contributed by atoms with E-state index in [1.165, 1.54) is 16.7 Å². The normalized spacial score (nSPS) is 17.6. The van der Waals surface area contributed by atoms with E-state index in [-0.39, 0.29) is 5.92 Å². The second-order valence-corrected chi connectivity index (χ2v) is 7.42. The highest BCUT2D eigenvalue weighted by Gasteiger charge is 2.29. The second-order valence-electron chi connectivity index (χ2n) is 6.15. The van der Waals surface area contributed by atoms with Gasteiger partial charge in [-0.15, -0.1) is 0 Å². The molecule has 0 saturated carbocycles. The lowest BCUT2D eigenvalue weighted by Crippen LogP contribution is -2.13. The van der Waals surface area contributed by atoms with Crippen molar-refractivity contribution in [1.82, 2.24) is 0 Å². The summed E-state index contributed by atoms with van der Waals surface area (Å²) in [5, 5.41) is 6.87. The van der Waals surface area contributed by atoms with Gasteiger partial charge in [-0.25, -0.2) is 4.99 Å². The number of anilines is 1. The molecule has 132 valence electrons. The molecule has 0 radical (unpaired) electrons. The highest BCUT2D eigenvalue weighted by atomic mass is 32.2. The van der Waals surface area contributed by atoms with Gasteiger partial charge in [0, 0.05) is 5.69 Å². The number of allylic oxidation sites excluding steroid dienone is 1. The number of aliphatic imine (C=N–C) groups is 1. The van der Waals surface area contributed by atoms with Gasteiger partial charge in [0.15, 0.2) is 5.11 Å². The fourth-order valence-electron chi connectivity index (χ4n) is 3.09. The molecular weight excluding hydrogens is 368 g/mol. The molecule has 0 spiro atoms. The molecule has 1 heterocycles. The average molecular weight is 387 g/mol. The Balaban J connectivity index is 1.65. The van der Waals surface area contributed by atoms with Gasteiger partial charge in [-0.05, 0) is 46.5 Å². The molecule has 0 bridgehead atoms. The Morgan fingerprint density at radius 2 is 1.41 bits per heavy atom. The molecule has 1 N–H and O–H groups in total. The van der Waals surface area contributed by atoms with Crippen molar-refractivity contribution in [2.45, 2.75) is 5.92 Å². The van der Waals surface area contributed by atoms with E-state index in [9.17, 15) is 0 Å². The summed E-state index contributed by atoms with van der Waals surface area (Å²) in [5.41, 5.74) is 4.64. The van der Waals surface area contributed by atoms with Crippen LogP contribution in [0.4, 0.5) is 5.69 Å². The van der Waals surface area contributed by atoms with Gasteiger partial charge in [0.2, 0.25) is 0 Å². The molecule has 1 atom stereocenters. The van der Waals surface area contributed by atoms with Crippen LogP contribution in [0.5, 0.6) is 0 Å². The predicted molar refractivity (Wildman–Crippen MR) is 121 cm³/mol. The summed E-state index contributed by atoms with van der Waals surface area (Å²) in [4.78, 5) is 4.75. The van der Waals surface area contributed by atoms with Gasteiger partial charge in [-0.3, -0.25) is 0 Å². The van der Waals surface area contributed by atoms with Crippen LogP contribution in [0.25, 0.3) is 5.57 Å². The van der Waals surface area contributed by atoms with Gasteiger partial charge in [-0.1, -0.05) is 90.6 Å². The number of hydrogen-bond donors (Lipinski definition) is 1. The van der Waals surface area contributed by atoms with Gasteiger partial charge < -0.3 is 5.32 Å². The summed E-state index contributed by atoms with van der Waals surface area (Å²) in [6.45, 7) is 0. The Bertz CT molecular complexity index is 981. The van der Waals surface area contributed by atoms with Crippen LogP contribution >= 0.6 is 24.0 Å². The van der Waals surface area contributed by atoms with E-state index in [1.807, 2.05) is 42.5 Å². The average Bonchev–Trinajstić information content (AvgIpc) is 3.13. The zero-order chi connectivity index (χ0) is 18.5. The van der Waals surface area contributed by atoms with Crippen LogP contribution in [-0.4, -0.2) is 10.2 Å². The largest absolute Gasteiger partial charge is 0.331 e. The molecule has 4 rings (SSSR count). The van der Waals surface area contributed by atoms with E-state index in [1.54, 1.807) is 11.8 Å². The van der Waals surface area contributed by atoms with Crippen molar-refractivity contribution < 1.29 is 0 Å². The molecule has 0 amide bonds. The van der Waals surface area contributed by atoms with Gasteiger partial charge in [0.1, 0.15) is 0 Å². The van der Waals surface area contributed by atoms with Gasteiger partial charge >= 0.3 is 0 Å². The van der Waals surface area contributed by atoms with Gasteiger partial charge in [-0.2, -0.15) is 0 Å². The Morgan fingerprint density at radius 3 is 2.07 bits per heavy atom. The minimum Gasteiger partial charge on any atom is -0.331 e. The lowest BCUT2D eigenvalue weighted by Gasteiger charge is -2.17. The minimum atomic E-state index is 0.0918. The molecule has 3 aromatic carbocycles. The summed E-state index contributed by atoms with van der Waals surface area (Å²) < 4.78 is 0. The molecule has 0 fully saturated rings. The first-order valence-electron chi connectivity index (χ1n) is 8.73. The Kier molecular flexibility index (Phi) is 5.47. The number of benzene rings is 3. The first-order valence-corrected chi connectivity index (χ1v) is 10.0. The SMILES string of the molecule is S=C(/N=C1/SC=C(c2ccccc2)C1c1ccccc1)Nc1ccccc1. The van der Waals surface area contributed by atoms with E-state index < -0.39 is 0 Å². The van der Waals surface area contributed by atoms with Crippen LogP contribution < -0.4 is 5.32 Å². The first-order chi connectivity index (χ1) is 13.3. The number of para-hydroxylation sites is 1. The van der Waals surface area contributed by atoms with Crippen LogP contribution in [0.2, 0.25) is 0 Å². The molecule has 0 aromatic heterocycles. The highest BCUT2D eigenvalue weighted by Crippen LogP contribution is 2.44. The van der Waals surface area contributed by atoms with Crippen molar-refractivity contribution in [2.24, 2.45) is 4.99 Å². The highest BCUT2D eigenvalue weighted by molar-refractivity contribution is 8.17. The molecular formula is C23H18N2S2. The topological polar surface area (TPSA) is 24.4 Å². The monoisotopic (exact) mass is 386 g/mol. The van der Waals surface area contributed by atoms with Crippen LogP contribution in [-0.2, 0) is 0 Å². The van der Waals surface area contributed by atoms with Crippen LogP contribution in [0, 0.1) is 0 Å². The van der Waals surface area contributed by atoms with Crippen molar-refractivity contribution in [1.29, 1.82) is 0 Å². The lowest BCUT2D eigenvalue weighted by molar-refractivity contribution is 1.19. The summed E-state index contributed by atoms with van der Waals surface area (Å²) in [6, 6.07) is 30.8. The van der Waals surface area contributed by atoms with Crippen molar-refractivity contribution in [3.05, 3.63) is 108 Å². The lowest BCUT2D eigenvalue weighted by atomic mass is 9.88. The molecule has 0 aliphatic carbocycles.